The highest BCUT2D eigenvalue weighted by Gasteiger charge is 2.32. The average Bonchev–Trinajstić information content (AvgIpc) is 2.41. The molecular weight excluding hydrogens is 207 g/mol. The molecule has 0 aliphatic rings. The molecule has 0 spiro atoms. The van der Waals surface area contributed by atoms with Crippen LogP contribution < -0.4 is 10.9 Å². The minimum absolute atomic E-state index is 0.0602. The molecule has 1 aromatic heterocycles. The zero-order valence-electron chi connectivity index (χ0n) is 8.53. The lowest BCUT2D eigenvalue weighted by Gasteiger charge is -2.11. The van der Waals surface area contributed by atoms with Crippen LogP contribution >= 0.6 is 7.60 Å². The van der Waals surface area contributed by atoms with Gasteiger partial charge in [-0.1, -0.05) is 0 Å². The maximum Gasteiger partial charge on any atom is 0.368 e. The molecule has 7 heteroatoms. The van der Waals surface area contributed by atoms with Crippen LogP contribution in [0.1, 0.15) is 5.69 Å². The summed E-state index contributed by atoms with van der Waals surface area (Å²) in [6.07, 6.45) is 0. The topological polar surface area (TPSA) is 73.3 Å². The summed E-state index contributed by atoms with van der Waals surface area (Å²) < 4.78 is 22.9. The molecule has 80 valence electrons. The van der Waals surface area contributed by atoms with Crippen molar-refractivity contribution in [2.24, 2.45) is 7.05 Å². The largest absolute Gasteiger partial charge is 0.368 e. The van der Waals surface area contributed by atoms with Crippen molar-refractivity contribution in [1.82, 2.24) is 9.78 Å². The Bertz CT molecular complexity index is 425. The Balaban J connectivity index is 3.45. The van der Waals surface area contributed by atoms with Crippen LogP contribution in [0.25, 0.3) is 0 Å². The van der Waals surface area contributed by atoms with E-state index in [2.05, 4.69) is 5.10 Å². The summed E-state index contributed by atoms with van der Waals surface area (Å²) in [7, 11) is 0.689. The molecule has 0 aromatic carbocycles. The molecule has 0 unspecified atom stereocenters. The molecule has 0 atom stereocenters. The standard InChI is InChI=1S/C7H13N2O4P/c1-5-6(7(10)8-9(5)2)14(11,12-3)13-4/h1-4H3,(H,8,10). The number of hydrogen-bond donors (Lipinski definition) is 1. The van der Waals surface area contributed by atoms with E-state index in [1.54, 1.807) is 14.0 Å². The van der Waals surface area contributed by atoms with Crippen LogP contribution in [0.15, 0.2) is 4.79 Å². The van der Waals surface area contributed by atoms with Gasteiger partial charge in [-0.25, -0.2) is 0 Å². The number of aromatic nitrogens is 2. The number of H-pyrrole nitrogens is 1. The second-order valence-corrected chi connectivity index (χ2v) is 4.97. The molecule has 1 N–H and O–H groups in total. The van der Waals surface area contributed by atoms with Crippen LogP contribution in [0.3, 0.4) is 0 Å². The monoisotopic (exact) mass is 220 g/mol. The molecule has 0 radical (unpaired) electrons. The second kappa shape index (κ2) is 3.73. The van der Waals surface area contributed by atoms with Crippen molar-refractivity contribution in [2.45, 2.75) is 6.92 Å². The Morgan fingerprint density at radius 1 is 1.36 bits per heavy atom. The first kappa shape index (κ1) is 11.2. The van der Waals surface area contributed by atoms with Crippen LogP contribution in [-0.2, 0) is 20.7 Å². The SMILES string of the molecule is COP(=O)(OC)c1c(C)n(C)[nH]c1=O. The summed E-state index contributed by atoms with van der Waals surface area (Å²) in [6, 6.07) is 0. The molecule has 0 saturated heterocycles. The van der Waals surface area contributed by atoms with Gasteiger partial charge in [0.05, 0.1) is 5.69 Å². The minimum Gasteiger partial charge on any atom is -0.308 e. The van der Waals surface area contributed by atoms with E-state index >= 15 is 0 Å². The van der Waals surface area contributed by atoms with Crippen molar-refractivity contribution in [3.63, 3.8) is 0 Å². The number of rotatable bonds is 3. The van der Waals surface area contributed by atoms with Crippen LogP contribution in [-0.4, -0.2) is 24.0 Å². The van der Waals surface area contributed by atoms with Crippen LogP contribution in [0.4, 0.5) is 0 Å². The molecule has 0 aliphatic heterocycles. The lowest BCUT2D eigenvalue weighted by Crippen LogP contribution is -2.24. The molecule has 14 heavy (non-hydrogen) atoms. The quantitative estimate of drug-likeness (QED) is 0.735. The van der Waals surface area contributed by atoms with E-state index in [-0.39, 0.29) is 5.30 Å². The van der Waals surface area contributed by atoms with Crippen LogP contribution in [0.2, 0.25) is 0 Å². The van der Waals surface area contributed by atoms with Gasteiger partial charge in [-0.2, -0.15) is 0 Å². The molecule has 1 rings (SSSR count). The Morgan fingerprint density at radius 3 is 2.14 bits per heavy atom. The van der Waals surface area contributed by atoms with E-state index < -0.39 is 13.2 Å². The van der Waals surface area contributed by atoms with Gasteiger partial charge in [-0.3, -0.25) is 19.1 Å². The summed E-state index contributed by atoms with van der Waals surface area (Å²) in [5.41, 5.74) is 0.0964. The predicted molar refractivity (Wildman–Crippen MR) is 52.0 cm³/mol. The Labute approximate surface area is 81.3 Å². The zero-order chi connectivity index (χ0) is 10.9. The highest BCUT2D eigenvalue weighted by Crippen LogP contribution is 2.44. The van der Waals surface area contributed by atoms with E-state index in [1.165, 1.54) is 18.9 Å². The minimum atomic E-state index is -3.45. The first-order valence-electron chi connectivity index (χ1n) is 3.94. The van der Waals surface area contributed by atoms with Gasteiger partial charge < -0.3 is 9.05 Å². The fourth-order valence-corrected chi connectivity index (χ4v) is 2.55. The van der Waals surface area contributed by atoms with Crippen molar-refractivity contribution in [2.75, 3.05) is 14.2 Å². The predicted octanol–water partition coefficient (Wildman–Crippen LogP) is 0.133. The summed E-state index contributed by atoms with van der Waals surface area (Å²) in [6.45, 7) is 1.66. The maximum atomic E-state index is 11.9. The number of hydrogen-bond acceptors (Lipinski definition) is 4. The molecule has 0 fully saturated rings. The van der Waals surface area contributed by atoms with Crippen molar-refractivity contribution in [1.29, 1.82) is 0 Å². The van der Waals surface area contributed by atoms with Gasteiger partial charge in [0.15, 0.2) is 5.30 Å². The molecule has 0 bridgehead atoms. The van der Waals surface area contributed by atoms with E-state index in [0.29, 0.717) is 5.69 Å². The Morgan fingerprint density at radius 2 is 1.86 bits per heavy atom. The fraction of sp³-hybridized carbons (Fsp3) is 0.571. The van der Waals surface area contributed by atoms with E-state index in [1.807, 2.05) is 0 Å². The van der Waals surface area contributed by atoms with Gasteiger partial charge in [0.1, 0.15) is 0 Å². The van der Waals surface area contributed by atoms with Crippen molar-refractivity contribution < 1.29 is 13.6 Å². The van der Waals surface area contributed by atoms with E-state index in [0.717, 1.165) is 0 Å². The van der Waals surface area contributed by atoms with E-state index in [4.69, 9.17) is 9.05 Å². The molecule has 0 saturated carbocycles. The third-order valence-electron chi connectivity index (χ3n) is 2.08. The second-order valence-electron chi connectivity index (χ2n) is 2.80. The third-order valence-corrected chi connectivity index (χ3v) is 4.12. The van der Waals surface area contributed by atoms with Crippen LogP contribution in [0.5, 0.6) is 0 Å². The number of aromatic amines is 1. The van der Waals surface area contributed by atoms with Gasteiger partial charge in [0.2, 0.25) is 0 Å². The average molecular weight is 220 g/mol. The summed E-state index contributed by atoms with van der Waals surface area (Å²) >= 11 is 0. The first-order chi connectivity index (χ1) is 6.46. The third kappa shape index (κ3) is 1.56. The highest BCUT2D eigenvalue weighted by molar-refractivity contribution is 7.62. The number of nitrogens with one attached hydrogen (secondary N) is 1. The van der Waals surface area contributed by atoms with Gasteiger partial charge in [0, 0.05) is 21.3 Å². The molecule has 0 amide bonds. The van der Waals surface area contributed by atoms with Gasteiger partial charge >= 0.3 is 7.60 Å². The van der Waals surface area contributed by atoms with E-state index in [9.17, 15) is 9.36 Å². The fourth-order valence-electron chi connectivity index (χ4n) is 1.19. The number of nitrogens with zero attached hydrogens (tertiary/aromatic N) is 1. The normalized spacial score (nSPS) is 12.0. The molecule has 6 nitrogen and oxygen atoms in total. The van der Waals surface area contributed by atoms with Crippen LogP contribution in [0, 0.1) is 6.92 Å². The van der Waals surface area contributed by atoms with Crippen molar-refractivity contribution in [3.05, 3.63) is 16.0 Å². The van der Waals surface area contributed by atoms with Gasteiger partial charge in [-0.15, -0.1) is 0 Å². The van der Waals surface area contributed by atoms with Gasteiger partial charge in [-0.05, 0) is 6.92 Å². The smallest absolute Gasteiger partial charge is 0.308 e. The van der Waals surface area contributed by atoms with Gasteiger partial charge in [0.25, 0.3) is 5.56 Å². The lowest BCUT2D eigenvalue weighted by atomic mass is 10.5. The summed E-state index contributed by atoms with van der Waals surface area (Å²) in [4.78, 5) is 11.4. The molecule has 1 heterocycles. The van der Waals surface area contributed by atoms with Crippen molar-refractivity contribution >= 4 is 12.9 Å². The molecular formula is C7H13N2O4P. The summed E-state index contributed by atoms with van der Waals surface area (Å²) in [5.74, 6) is 0. The summed E-state index contributed by atoms with van der Waals surface area (Å²) in [5, 5.41) is 2.54. The maximum absolute atomic E-state index is 11.9. The zero-order valence-corrected chi connectivity index (χ0v) is 9.42. The lowest BCUT2D eigenvalue weighted by molar-refractivity contribution is 0.287. The van der Waals surface area contributed by atoms with Crippen molar-refractivity contribution in [3.8, 4) is 0 Å². The molecule has 0 aliphatic carbocycles. The molecule has 1 aromatic rings. The Kier molecular flexibility index (Phi) is 2.99. The first-order valence-corrected chi connectivity index (χ1v) is 5.48. The number of aryl methyl sites for hydroxylation is 1. The Hall–Kier alpha value is -0.840. The highest BCUT2D eigenvalue weighted by atomic mass is 31.2.